The van der Waals surface area contributed by atoms with E-state index in [9.17, 15) is 9.59 Å². The molecular formula is C23H34N2O3. The second-order valence-electron chi connectivity index (χ2n) is 9.17. The van der Waals surface area contributed by atoms with Gasteiger partial charge in [0.05, 0.1) is 0 Å². The first-order chi connectivity index (χ1) is 13.3. The Morgan fingerprint density at radius 1 is 1.04 bits per heavy atom. The van der Waals surface area contributed by atoms with Crippen molar-refractivity contribution in [3.63, 3.8) is 0 Å². The fourth-order valence-electron chi connectivity index (χ4n) is 4.13. The quantitative estimate of drug-likeness (QED) is 0.794. The molecule has 0 spiro atoms. The van der Waals surface area contributed by atoms with Crippen LogP contribution in [0.5, 0.6) is 5.75 Å². The predicted molar refractivity (Wildman–Crippen MR) is 110 cm³/mol. The standard InChI is InChI=1S/C23H34N2O3/c1-17(28-20-11-7-10-19(16-20)23(2,3)4)21(26)24-12-14-25(15-13-24)22(27)18-8-5-6-9-18/h7,10-11,16-18H,5-6,8-9,12-15H2,1-4H3. The van der Waals surface area contributed by atoms with Gasteiger partial charge in [-0.25, -0.2) is 0 Å². The van der Waals surface area contributed by atoms with Gasteiger partial charge in [-0.15, -0.1) is 0 Å². The van der Waals surface area contributed by atoms with Crippen molar-refractivity contribution >= 4 is 11.8 Å². The first-order valence-corrected chi connectivity index (χ1v) is 10.6. The molecule has 0 aromatic heterocycles. The lowest BCUT2D eigenvalue weighted by molar-refractivity contribution is -0.145. The molecular weight excluding hydrogens is 352 g/mol. The third-order valence-corrected chi connectivity index (χ3v) is 5.97. The van der Waals surface area contributed by atoms with Crippen LogP contribution < -0.4 is 4.74 Å². The van der Waals surface area contributed by atoms with Gasteiger partial charge in [-0.3, -0.25) is 9.59 Å². The second kappa shape index (κ2) is 8.54. The summed E-state index contributed by atoms with van der Waals surface area (Å²) in [4.78, 5) is 29.1. The van der Waals surface area contributed by atoms with Crippen LogP contribution in [-0.2, 0) is 15.0 Å². The number of carbonyl (C=O) groups excluding carboxylic acids is 2. The molecule has 1 saturated carbocycles. The second-order valence-corrected chi connectivity index (χ2v) is 9.17. The summed E-state index contributed by atoms with van der Waals surface area (Å²) in [7, 11) is 0. The van der Waals surface area contributed by atoms with Gasteiger partial charge >= 0.3 is 0 Å². The molecule has 3 rings (SSSR count). The van der Waals surface area contributed by atoms with E-state index in [0.29, 0.717) is 26.2 Å². The van der Waals surface area contributed by atoms with Crippen LogP contribution in [0, 0.1) is 5.92 Å². The number of carbonyl (C=O) groups is 2. The van der Waals surface area contributed by atoms with Gasteiger partial charge in [-0.2, -0.15) is 0 Å². The number of benzene rings is 1. The van der Waals surface area contributed by atoms with E-state index in [-0.39, 0.29) is 23.1 Å². The SMILES string of the molecule is CC(Oc1cccc(C(C)(C)C)c1)C(=O)N1CCN(C(=O)C2CCCC2)CC1. The molecule has 5 nitrogen and oxygen atoms in total. The predicted octanol–water partition coefficient (Wildman–Crippen LogP) is 3.61. The molecule has 5 heteroatoms. The highest BCUT2D eigenvalue weighted by Crippen LogP contribution is 2.28. The largest absolute Gasteiger partial charge is 0.481 e. The topological polar surface area (TPSA) is 49.9 Å². The molecule has 1 unspecified atom stereocenters. The molecule has 1 heterocycles. The van der Waals surface area contributed by atoms with E-state index in [2.05, 4.69) is 26.8 Å². The minimum atomic E-state index is -0.535. The van der Waals surface area contributed by atoms with Crippen molar-refractivity contribution in [3.8, 4) is 5.75 Å². The van der Waals surface area contributed by atoms with Crippen LogP contribution in [0.15, 0.2) is 24.3 Å². The van der Waals surface area contributed by atoms with E-state index in [1.54, 1.807) is 0 Å². The molecule has 0 bridgehead atoms. The highest BCUT2D eigenvalue weighted by molar-refractivity contribution is 5.82. The Hall–Kier alpha value is -2.04. The Bertz CT molecular complexity index is 696. The van der Waals surface area contributed by atoms with E-state index in [1.807, 2.05) is 34.9 Å². The normalized spacial score (nSPS) is 19.6. The van der Waals surface area contributed by atoms with E-state index in [0.717, 1.165) is 18.6 Å². The summed E-state index contributed by atoms with van der Waals surface area (Å²) in [6.07, 6.45) is 3.85. The van der Waals surface area contributed by atoms with Crippen LogP contribution in [0.2, 0.25) is 0 Å². The maximum Gasteiger partial charge on any atom is 0.263 e. The minimum Gasteiger partial charge on any atom is -0.481 e. The van der Waals surface area contributed by atoms with Crippen LogP contribution in [0.3, 0.4) is 0 Å². The van der Waals surface area contributed by atoms with E-state index >= 15 is 0 Å². The Morgan fingerprint density at radius 2 is 1.64 bits per heavy atom. The van der Waals surface area contributed by atoms with Gasteiger partial charge in [-0.1, -0.05) is 45.7 Å². The number of hydrogen-bond acceptors (Lipinski definition) is 3. The smallest absolute Gasteiger partial charge is 0.263 e. The highest BCUT2D eigenvalue weighted by atomic mass is 16.5. The summed E-state index contributed by atoms with van der Waals surface area (Å²) in [5.74, 6) is 1.21. The van der Waals surface area contributed by atoms with E-state index in [1.165, 1.54) is 18.4 Å². The summed E-state index contributed by atoms with van der Waals surface area (Å²) < 4.78 is 5.95. The molecule has 0 N–H and O–H groups in total. The van der Waals surface area contributed by atoms with Crippen molar-refractivity contribution in [2.45, 2.75) is 64.9 Å². The molecule has 0 radical (unpaired) electrons. The number of piperazine rings is 1. The van der Waals surface area contributed by atoms with Gasteiger partial charge in [0.1, 0.15) is 5.75 Å². The minimum absolute atomic E-state index is 0.00544. The van der Waals surface area contributed by atoms with Crippen LogP contribution in [-0.4, -0.2) is 53.9 Å². The first kappa shape index (κ1) is 20.7. The molecule has 2 aliphatic rings. The first-order valence-electron chi connectivity index (χ1n) is 10.6. The molecule has 1 atom stereocenters. The maximum atomic E-state index is 12.8. The zero-order chi connectivity index (χ0) is 20.3. The third kappa shape index (κ3) is 4.86. The lowest BCUT2D eigenvalue weighted by Gasteiger charge is -2.37. The van der Waals surface area contributed by atoms with Crippen LogP contribution >= 0.6 is 0 Å². The number of nitrogens with zero attached hydrogens (tertiary/aromatic N) is 2. The molecule has 2 amide bonds. The number of amides is 2. The fourth-order valence-corrected chi connectivity index (χ4v) is 4.13. The Balaban J connectivity index is 1.52. The van der Waals surface area contributed by atoms with Crippen molar-refractivity contribution in [1.82, 2.24) is 9.80 Å². The molecule has 28 heavy (non-hydrogen) atoms. The van der Waals surface area contributed by atoms with Crippen LogP contribution in [0.4, 0.5) is 0 Å². The molecule has 154 valence electrons. The maximum absolute atomic E-state index is 12.8. The Kier molecular flexibility index (Phi) is 6.31. The third-order valence-electron chi connectivity index (χ3n) is 5.97. The summed E-state index contributed by atoms with van der Waals surface area (Å²) in [5.41, 5.74) is 1.22. The zero-order valence-corrected chi connectivity index (χ0v) is 17.7. The lowest BCUT2D eigenvalue weighted by atomic mass is 9.87. The molecule has 1 aliphatic heterocycles. The summed E-state index contributed by atoms with van der Waals surface area (Å²) in [6, 6.07) is 7.97. The molecule has 1 aromatic carbocycles. The van der Waals surface area contributed by atoms with Crippen LogP contribution in [0.1, 0.15) is 58.9 Å². The van der Waals surface area contributed by atoms with E-state index in [4.69, 9.17) is 4.74 Å². The highest BCUT2D eigenvalue weighted by Gasteiger charge is 2.32. The zero-order valence-electron chi connectivity index (χ0n) is 17.7. The van der Waals surface area contributed by atoms with Gasteiger partial charge in [0.15, 0.2) is 6.10 Å². The summed E-state index contributed by atoms with van der Waals surface area (Å²) in [6.45, 7) is 10.7. The number of hydrogen-bond donors (Lipinski definition) is 0. The molecule has 1 saturated heterocycles. The summed E-state index contributed by atoms with van der Waals surface area (Å²) in [5, 5.41) is 0. The molecule has 2 fully saturated rings. The Labute approximate surface area is 169 Å². The van der Waals surface area contributed by atoms with Gasteiger partial charge in [-0.05, 0) is 42.9 Å². The average Bonchev–Trinajstić information content (AvgIpc) is 3.21. The van der Waals surface area contributed by atoms with Gasteiger partial charge in [0.2, 0.25) is 5.91 Å². The van der Waals surface area contributed by atoms with Gasteiger partial charge in [0, 0.05) is 32.1 Å². The monoisotopic (exact) mass is 386 g/mol. The molecule has 1 aromatic rings. The van der Waals surface area contributed by atoms with Crippen molar-refractivity contribution in [3.05, 3.63) is 29.8 Å². The van der Waals surface area contributed by atoms with Crippen molar-refractivity contribution in [1.29, 1.82) is 0 Å². The van der Waals surface area contributed by atoms with Crippen molar-refractivity contribution < 1.29 is 14.3 Å². The lowest BCUT2D eigenvalue weighted by Crippen LogP contribution is -2.54. The van der Waals surface area contributed by atoms with E-state index < -0.39 is 6.10 Å². The number of ether oxygens (including phenoxy) is 1. The van der Waals surface area contributed by atoms with Crippen molar-refractivity contribution in [2.24, 2.45) is 5.92 Å². The van der Waals surface area contributed by atoms with Gasteiger partial charge in [0.25, 0.3) is 5.91 Å². The van der Waals surface area contributed by atoms with Gasteiger partial charge < -0.3 is 14.5 Å². The van der Waals surface area contributed by atoms with Crippen LogP contribution in [0.25, 0.3) is 0 Å². The average molecular weight is 387 g/mol. The fraction of sp³-hybridized carbons (Fsp3) is 0.652. The molecule has 1 aliphatic carbocycles. The summed E-state index contributed by atoms with van der Waals surface area (Å²) >= 11 is 0. The van der Waals surface area contributed by atoms with Crippen molar-refractivity contribution in [2.75, 3.05) is 26.2 Å². The Morgan fingerprint density at radius 3 is 2.25 bits per heavy atom. The number of rotatable bonds is 4.